The summed E-state index contributed by atoms with van der Waals surface area (Å²) in [6, 6.07) is 9.94. The summed E-state index contributed by atoms with van der Waals surface area (Å²) in [4.78, 5) is 39.4. The van der Waals surface area contributed by atoms with Crippen LogP contribution in [0.1, 0.15) is 61.3 Å². The third kappa shape index (κ3) is 6.36. The van der Waals surface area contributed by atoms with Crippen LogP contribution in [0.4, 0.5) is 17.3 Å². The number of methoxy groups -OCH3 is 2. The minimum Gasteiger partial charge on any atom is -0.497 e. The number of carbonyl (C=O) groups excluding carboxylic acids is 1. The molecule has 2 saturated heterocycles. The Bertz CT molecular complexity index is 1700. The molecular weight excluding hydrogens is 613 g/mol. The molecule has 3 aliphatic rings. The van der Waals surface area contributed by atoms with Crippen molar-refractivity contribution < 1.29 is 14.3 Å². The van der Waals surface area contributed by atoms with E-state index in [1.54, 1.807) is 36.8 Å². The number of nitrogens with zero attached hydrogens (tertiary/aromatic N) is 7. The highest BCUT2D eigenvalue weighted by Crippen LogP contribution is 2.43. The van der Waals surface area contributed by atoms with Crippen LogP contribution in [0.2, 0.25) is 0 Å². The zero-order valence-electron chi connectivity index (χ0n) is 27.3. The quantitative estimate of drug-likeness (QED) is 0.221. The first-order valence-corrected chi connectivity index (χ1v) is 17.4. The van der Waals surface area contributed by atoms with E-state index in [2.05, 4.69) is 37.2 Å². The molecule has 1 unspecified atom stereocenters. The fourth-order valence-corrected chi connectivity index (χ4v) is 7.73. The first kappa shape index (κ1) is 31.3. The SMILES string of the molecule is COc1ccc(CN2C(=O)C(C)c3c(N4CCC(c5nc(-c6nccs6)ccc5NCCN5CCCC5)CC4)ncnc32)c(OC)c1. The van der Waals surface area contributed by atoms with Gasteiger partial charge in [-0.1, -0.05) is 0 Å². The first-order chi connectivity index (χ1) is 23.0. The van der Waals surface area contributed by atoms with E-state index in [1.165, 1.54) is 25.9 Å². The number of amides is 1. The molecule has 2 fully saturated rings. The van der Waals surface area contributed by atoms with Gasteiger partial charge in [0.25, 0.3) is 0 Å². The molecule has 0 bridgehead atoms. The molecular formula is C35H42N8O3S. The molecule has 1 N–H and O–H groups in total. The van der Waals surface area contributed by atoms with Crippen molar-refractivity contribution in [2.75, 3.05) is 68.6 Å². The zero-order chi connectivity index (χ0) is 32.3. The van der Waals surface area contributed by atoms with Gasteiger partial charge >= 0.3 is 0 Å². The number of pyridine rings is 1. The minimum absolute atomic E-state index is 0.0161. The number of anilines is 3. The average molecular weight is 655 g/mol. The van der Waals surface area contributed by atoms with Gasteiger partial charge in [-0.2, -0.15) is 0 Å². The molecule has 246 valence electrons. The molecule has 1 aromatic carbocycles. The average Bonchev–Trinajstić information content (AvgIpc) is 3.89. The number of nitrogens with one attached hydrogen (secondary N) is 1. The van der Waals surface area contributed by atoms with E-state index < -0.39 is 0 Å². The lowest BCUT2D eigenvalue weighted by Gasteiger charge is -2.34. The number of carbonyl (C=O) groups is 1. The molecule has 0 aliphatic carbocycles. The van der Waals surface area contributed by atoms with Gasteiger partial charge in [-0.25, -0.2) is 19.9 Å². The van der Waals surface area contributed by atoms with Crippen LogP contribution in [0.5, 0.6) is 11.5 Å². The Hall–Kier alpha value is -4.29. The summed E-state index contributed by atoms with van der Waals surface area (Å²) in [5.74, 6) is 2.88. The maximum atomic E-state index is 13.7. The van der Waals surface area contributed by atoms with E-state index in [9.17, 15) is 4.79 Å². The first-order valence-electron chi connectivity index (χ1n) is 16.5. The Labute approximate surface area is 280 Å². The summed E-state index contributed by atoms with van der Waals surface area (Å²) in [6.07, 6.45) is 7.89. The Balaban J connectivity index is 1.09. The fraction of sp³-hybridized carbons (Fsp3) is 0.457. The fourth-order valence-electron chi connectivity index (χ4n) is 7.12. The molecule has 7 rings (SSSR count). The van der Waals surface area contributed by atoms with E-state index in [0.29, 0.717) is 29.8 Å². The second kappa shape index (κ2) is 13.8. The molecule has 0 saturated carbocycles. The number of hydrogen-bond acceptors (Lipinski definition) is 11. The van der Waals surface area contributed by atoms with E-state index in [0.717, 1.165) is 78.0 Å². The molecule has 6 heterocycles. The molecule has 3 aromatic heterocycles. The highest BCUT2D eigenvalue weighted by Gasteiger charge is 2.40. The van der Waals surface area contributed by atoms with Crippen LogP contribution in [0.15, 0.2) is 48.2 Å². The van der Waals surface area contributed by atoms with Gasteiger partial charge in [-0.15, -0.1) is 11.3 Å². The molecule has 4 aromatic rings. The molecule has 12 heteroatoms. The Morgan fingerprint density at radius 3 is 2.53 bits per heavy atom. The molecule has 47 heavy (non-hydrogen) atoms. The lowest BCUT2D eigenvalue weighted by molar-refractivity contribution is -0.119. The van der Waals surface area contributed by atoms with Gasteiger partial charge in [0.1, 0.15) is 34.5 Å². The van der Waals surface area contributed by atoms with Crippen LogP contribution in [0, 0.1) is 0 Å². The zero-order valence-corrected chi connectivity index (χ0v) is 28.1. The van der Waals surface area contributed by atoms with Crippen LogP contribution in [-0.2, 0) is 11.3 Å². The lowest BCUT2D eigenvalue weighted by atomic mass is 9.91. The summed E-state index contributed by atoms with van der Waals surface area (Å²) >= 11 is 1.62. The van der Waals surface area contributed by atoms with E-state index in [1.807, 2.05) is 36.7 Å². The minimum atomic E-state index is -0.341. The second-order valence-electron chi connectivity index (χ2n) is 12.5. The second-order valence-corrected chi connectivity index (χ2v) is 13.4. The molecule has 1 atom stereocenters. The van der Waals surface area contributed by atoms with Gasteiger partial charge < -0.3 is 24.6 Å². The number of aromatic nitrogens is 4. The number of likely N-dealkylation sites (tertiary alicyclic amines) is 1. The normalized spacial score (nSPS) is 18.5. The number of benzene rings is 1. The third-order valence-corrected chi connectivity index (χ3v) is 10.5. The predicted molar refractivity (Wildman–Crippen MR) is 185 cm³/mol. The van der Waals surface area contributed by atoms with Gasteiger partial charge in [0, 0.05) is 60.9 Å². The topological polar surface area (TPSA) is 109 Å². The highest BCUT2D eigenvalue weighted by atomic mass is 32.1. The predicted octanol–water partition coefficient (Wildman–Crippen LogP) is 5.55. The molecule has 11 nitrogen and oxygen atoms in total. The van der Waals surface area contributed by atoms with Crippen LogP contribution in [0.3, 0.4) is 0 Å². The molecule has 0 radical (unpaired) electrons. The number of hydrogen-bond donors (Lipinski definition) is 1. The summed E-state index contributed by atoms with van der Waals surface area (Å²) in [6.45, 7) is 8.29. The number of rotatable bonds is 11. The van der Waals surface area contributed by atoms with E-state index >= 15 is 0 Å². The van der Waals surface area contributed by atoms with Crippen molar-refractivity contribution in [2.45, 2.75) is 51.0 Å². The number of thiazole rings is 1. The van der Waals surface area contributed by atoms with Crippen LogP contribution < -0.4 is 24.6 Å². The van der Waals surface area contributed by atoms with Crippen molar-refractivity contribution in [3.8, 4) is 22.2 Å². The van der Waals surface area contributed by atoms with Crippen molar-refractivity contribution in [1.82, 2.24) is 24.8 Å². The van der Waals surface area contributed by atoms with Gasteiger partial charge in [-0.05, 0) is 70.0 Å². The van der Waals surface area contributed by atoms with Crippen LogP contribution >= 0.6 is 11.3 Å². The van der Waals surface area contributed by atoms with Crippen LogP contribution in [0.25, 0.3) is 10.7 Å². The van der Waals surface area contributed by atoms with Crippen molar-refractivity contribution in [2.24, 2.45) is 0 Å². The van der Waals surface area contributed by atoms with Crippen LogP contribution in [-0.4, -0.2) is 84.2 Å². The van der Waals surface area contributed by atoms with E-state index in [-0.39, 0.29) is 11.8 Å². The van der Waals surface area contributed by atoms with Gasteiger partial charge in [0.15, 0.2) is 0 Å². The lowest BCUT2D eigenvalue weighted by Crippen LogP contribution is -2.35. The largest absolute Gasteiger partial charge is 0.497 e. The summed E-state index contributed by atoms with van der Waals surface area (Å²) in [7, 11) is 3.25. The highest BCUT2D eigenvalue weighted by molar-refractivity contribution is 7.13. The number of fused-ring (bicyclic) bond motifs is 1. The summed E-state index contributed by atoms with van der Waals surface area (Å²) in [5.41, 5.74) is 4.96. The molecule has 3 aliphatic heterocycles. The van der Waals surface area contributed by atoms with Crippen molar-refractivity contribution in [3.63, 3.8) is 0 Å². The Kier molecular flexibility index (Phi) is 9.21. The van der Waals surface area contributed by atoms with E-state index in [4.69, 9.17) is 19.4 Å². The Morgan fingerprint density at radius 2 is 1.79 bits per heavy atom. The van der Waals surface area contributed by atoms with Crippen molar-refractivity contribution in [1.29, 1.82) is 0 Å². The standard InChI is InChI=1S/C35H42N8O3S/c1-23-30-32(38-22-39-33(30)43(35(23)44)21-25-6-7-26(45-2)20-29(25)46-3)42-16-10-24(11-17-42)31-27(36-12-18-41-14-4-5-15-41)8-9-28(40-31)34-37-13-19-47-34/h6-9,13,19-20,22-24,36H,4-5,10-12,14-18,21H2,1-3H3. The number of ether oxygens (including phenoxy) is 2. The smallest absolute Gasteiger partial charge is 0.236 e. The number of piperidine rings is 1. The maximum Gasteiger partial charge on any atom is 0.236 e. The van der Waals surface area contributed by atoms with Gasteiger partial charge in [-0.3, -0.25) is 9.69 Å². The Morgan fingerprint density at radius 1 is 0.979 bits per heavy atom. The summed E-state index contributed by atoms with van der Waals surface area (Å²) in [5, 5.41) is 6.66. The van der Waals surface area contributed by atoms with Crippen molar-refractivity contribution >= 4 is 34.6 Å². The van der Waals surface area contributed by atoms with Crippen molar-refractivity contribution in [3.05, 3.63) is 65.1 Å². The molecule has 1 amide bonds. The maximum absolute atomic E-state index is 13.7. The van der Waals surface area contributed by atoms with Gasteiger partial charge in [0.2, 0.25) is 5.91 Å². The summed E-state index contributed by atoms with van der Waals surface area (Å²) < 4.78 is 11.0. The molecule has 0 spiro atoms. The van der Waals surface area contributed by atoms with Gasteiger partial charge in [0.05, 0.1) is 43.8 Å². The monoisotopic (exact) mass is 654 g/mol. The third-order valence-electron chi connectivity index (χ3n) is 9.69.